The van der Waals surface area contributed by atoms with Gasteiger partial charge in [0.15, 0.2) is 0 Å². The molecule has 0 radical (unpaired) electrons. The summed E-state index contributed by atoms with van der Waals surface area (Å²) in [5, 5.41) is 0. The van der Waals surface area contributed by atoms with Gasteiger partial charge in [0.2, 0.25) is 5.91 Å². The Morgan fingerprint density at radius 1 is 1.14 bits per heavy atom. The number of aryl methyl sites for hydroxylation is 1. The van der Waals surface area contributed by atoms with Gasteiger partial charge in [-0.05, 0) is 43.5 Å². The Balaban J connectivity index is 1.42. The molecule has 0 spiro atoms. The Bertz CT molecular complexity index is 1120. The summed E-state index contributed by atoms with van der Waals surface area (Å²) >= 11 is 0. The van der Waals surface area contributed by atoms with E-state index >= 15 is 0 Å². The van der Waals surface area contributed by atoms with Crippen LogP contribution in [0.5, 0.6) is 0 Å². The molecule has 1 saturated heterocycles. The van der Waals surface area contributed by atoms with Gasteiger partial charge in [0.05, 0.1) is 17.1 Å². The zero-order valence-corrected chi connectivity index (χ0v) is 16.7. The van der Waals surface area contributed by atoms with Gasteiger partial charge in [0.1, 0.15) is 11.9 Å². The van der Waals surface area contributed by atoms with Crippen LogP contribution >= 0.6 is 0 Å². The van der Waals surface area contributed by atoms with Crippen LogP contribution in [0.4, 0.5) is 0 Å². The van der Waals surface area contributed by atoms with E-state index in [-0.39, 0.29) is 17.9 Å². The lowest BCUT2D eigenvalue weighted by Gasteiger charge is -2.31. The molecule has 148 valence electrons. The molecule has 2 aliphatic heterocycles. The third-order valence-corrected chi connectivity index (χ3v) is 6.33. The van der Waals surface area contributed by atoms with Gasteiger partial charge in [0.25, 0.3) is 5.91 Å². The molecule has 2 aliphatic rings. The van der Waals surface area contributed by atoms with Gasteiger partial charge in [-0.1, -0.05) is 30.3 Å². The van der Waals surface area contributed by atoms with E-state index in [1.165, 1.54) is 0 Å². The first kappa shape index (κ1) is 17.9. The number of likely N-dealkylation sites (tertiary alicyclic amines) is 1. The van der Waals surface area contributed by atoms with E-state index in [0.29, 0.717) is 18.7 Å². The molecule has 6 heteroatoms. The molecular formula is C23H24N4O2. The zero-order chi connectivity index (χ0) is 20.1. The Labute approximate surface area is 169 Å². The first-order valence-electron chi connectivity index (χ1n) is 10.2. The van der Waals surface area contributed by atoms with Gasteiger partial charge < -0.3 is 14.4 Å². The van der Waals surface area contributed by atoms with Crippen molar-refractivity contribution in [3.8, 4) is 0 Å². The van der Waals surface area contributed by atoms with E-state index in [9.17, 15) is 9.59 Å². The van der Waals surface area contributed by atoms with Crippen LogP contribution in [0.1, 0.15) is 47.6 Å². The second-order valence-electron chi connectivity index (χ2n) is 7.97. The van der Waals surface area contributed by atoms with Crippen LogP contribution < -0.4 is 0 Å². The fraction of sp³-hybridized carbons (Fsp3) is 0.348. The Kier molecular flexibility index (Phi) is 4.15. The van der Waals surface area contributed by atoms with Crippen LogP contribution in [0.25, 0.3) is 11.0 Å². The summed E-state index contributed by atoms with van der Waals surface area (Å²) in [7, 11) is 2.01. The Hall–Kier alpha value is -3.15. The predicted octanol–water partition coefficient (Wildman–Crippen LogP) is 3.28. The maximum Gasteiger partial charge on any atom is 0.255 e. The third-order valence-electron chi connectivity index (χ3n) is 6.33. The molecule has 0 N–H and O–H groups in total. The lowest BCUT2D eigenvalue weighted by molar-refractivity contribution is -0.136. The molecule has 1 fully saturated rings. The van der Waals surface area contributed by atoms with Crippen molar-refractivity contribution >= 4 is 22.8 Å². The molecule has 2 atom stereocenters. The van der Waals surface area contributed by atoms with Crippen LogP contribution in [0.3, 0.4) is 0 Å². The van der Waals surface area contributed by atoms with E-state index < -0.39 is 6.04 Å². The van der Waals surface area contributed by atoms with Crippen LogP contribution in [-0.4, -0.2) is 43.8 Å². The van der Waals surface area contributed by atoms with Crippen LogP contribution in [-0.2, 0) is 18.4 Å². The molecule has 0 aliphatic carbocycles. The minimum Gasteiger partial charge on any atom is -0.331 e. The molecule has 2 aromatic carbocycles. The molecular weight excluding hydrogens is 364 g/mol. The van der Waals surface area contributed by atoms with Crippen molar-refractivity contribution in [1.82, 2.24) is 19.4 Å². The predicted molar refractivity (Wildman–Crippen MR) is 110 cm³/mol. The molecule has 0 bridgehead atoms. The van der Waals surface area contributed by atoms with Crippen molar-refractivity contribution in [2.75, 3.05) is 6.54 Å². The number of amides is 2. The summed E-state index contributed by atoms with van der Waals surface area (Å²) in [5.41, 5.74) is 3.72. The average Bonchev–Trinajstić information content (AvgIpc) is 3.44. The maximum atomic E-state index is 13.4. The largest absolute Gasteiger partial charge is 0.331 e. The number of benzene rings is 2. The first-order chi connectivity index (χ1) is 14.1. The number of nitrogens with zero attached hydrogens (tertiary/aromatic N) is 4. The monoisotopic (exact) mass is 388 g/mol. The minimum absolute atomic E-state index is 0.000659. The van der Waals surface area contributed by atoms with Crippen molar-refractivity contribution in [3.63, 3.8) is 0 Å². The highest BCUT2D eigenvalue weighted by Crippen LogP contribution is 2.34. The van der Waals surface area contributed by atoms with Crippen LogP contribution in [0.15, 0.2) is 48.5 Å². The number of rotatable bonds is 3. The highest BCUT2D eigenvalue weighted by molar-refractivity contribution is 6.01. The number of fused-ring (bicyclic) bond motifs is 2. The van der Waals surface area contributed by atoms with Crippen molar-refractivity contribution in [3.05, 3.63) is 65.5 Å². The highest BCUT2D eigenvalue weighted by Gasteiger charge is 2.40. The average molecular weight is 388 g/mol. The third kappa shape index (κ3) is 2.74. The number of para-hydroxylation sites is 2. The summed E-state index contributed by atoms with van der Waals surface area (Å²) in [6.45, 7) is 3.04. The normalized spacial score (nSPS) is 19.8. The molecule has 0 saturated carbocycles. The molecule has 3 heterocycles. The standard InChI is InChI=1S/C23H24N4O2/c1-15(27-14-16-8-3-4-9-17(16)23(27)29)22(28)26-13-7-12-20(26)21-24-18-10-5-6-11-19(18)25(21)2/h3-6,8-11,15,20H,7,12-14H2,1-2H3/t15-,20-/m1/s1. The van der Waals surface area contributed by atoms with E-state index in [1.807, 2.05) is 61.3 Å². The molecule has 6 nitrogen and oxygen atoms in total. The number of hydrogen-bond donors (Lipinski definition) is 0. The van der Waals surface area contributed by atoms with Crippen molar-refractivity contribution < 1.29 is 9.59 Å². The van der Waals surface area contributed by atoms with Crippen LogP contribution in [0, 0.1) is 0 Å². The van der Waals surface area contributed by atoms with E-state index in [1.54, 1.807) is 4.90 Å². The van der Waals surface area contributed by atoms with Crippen LogP contribution in [0.2, 0.25) is 0 Å². The number of aromatic nitrogens is 2. The maximum absolute atomic E-state index is 13.4. The smallest absolute Gasteiger partial charge is 0.255 e. The first-order valence-corrected chi connectivity index (χ1v) is 10.2. The van der Waals surface area contributed by atoms with Gasteiger partial charge >= 0.3 is 0 Å². The number of hydrogen-bond acceptors (Lipinski definition) is 3. The minimum atomic E-state index is -0.495. The van der Waals surface area contributed by atoms with Gasteiger partial charge in [0, 0.05) is 25.7 Å². The lowest BCUT2D eigenvalue weighted by Crippen LogP contribution is -2.47. The van der Waals surface area contributed by atoms with Gasteiger partial charge in [-0.2, -0.15) is 0 Å². The lowest BCUT2D eigenvalue weighted by atomic mass is 10.1. The summed E-state index contributed by atoms with van der Waals surface area (Å²) in [6.07, 6.45) is 1.84. The quantitative estimate of drug-likeness (QED) is 0.692. The van der Waals surface area contributed by atoms with Crippen molar-refractivity contribution in [2.45, 2.75) is 38.4 Å². The van der Waals surface area contributed by atoms with Crippen molar-refractivity contribution in [2.24, 2.45) is 7.05 Å². The van der Waals surface area contributed by atoms with E-state index in [4.69, 9.17) is 4.98 Å². The number of imidazole rings is 1. The molecule has 0 unspecified atom stereocenters. The fourth-order valence-corrected chi connectivity index (χ4v) is 4.72. The second-order valence-corrected chi connectivity index (χ2v) is 7.97. The number of carbonyl (C=O) groups excluding carboxylic acids is 2. The molecule has 1 aromatic heterocycles. The van der Waals surface area contributed by atoms with Gasteiger partial charge in [-0.3, -0.25) is 9.59 Å². The molecule has 2 amide bonds. The molecule has 5 rings (SSSR count). The SMILES string of the molecule is C[C@H](C(=O)N1CCC[C@@H]1c1nc2ccccc2n1C)N1Cc2ccccc2C1=O. The highest BCUT2D eigenvalue weighted by atomic mass is 16.2. The van der Waals surface area contributed by atoms with Gasteiger partial charge in [-0.15, -0.1) is 0 Å². The Morgan fingerprint density at radius 2 is 1.90 bits per heavy atom. The molecule has 29 heavy (non-hydrogen) atoms. The van der Waals surface area contributed by atoms with Gasteiger partial charge in [-0.25, -0.2) is 4.98 Å². The topological polar surface area (TPSA) is 58.4 Å². The molecule has 3 aromatic rings. The summed E-state index contributed by atoms with van der Waals surface area (Å²) < 4.78 is 2.09. The summed E-state index contributed by atoms with van der Waals surface area (Å²) in [5.74, 6) is 0.862. The Morgan fingerprint density at radius 3 is 2.69 bits per heavy atom. The fourth-order valence-electron chi connectivity index (χ4n) is 4.72. The zero-order valence-electron chi connectivity index (χ0n) is 16.7. The number of carbonyl (C=O) groups is 2. The van der Waals surface area contributed by atoms with Crippen molar-refractivity contribution in [1.29, 1.82) is 0 Å². The second kappa shape index (κ2) is 6.72. The summed E-state index contributed by atoms with van der Waals surface area (Å²) in [4.78, 5) is 34.7. The van der Waals surface area contributed by atoms with E-state index in [0.717, 1.165) is 35.3 Å². The summed E-state index contributed by atoms with van der Waals surface area (Å²) in [6, 6.07) is 15.1. The van der Waals surface area contributed by atoms with E-state index in [2.05, 4.69) is 10.6 Å².